The van der Waals surface area contributed by atoms with Crippen molar-refractivity contribution in [1.82, 2.24) is 5.32 Å². The molecule has 1 aromatic carbocycles. The SMILES string of the molecule is CSc1ccccc1CC(C)NCC1(O)CCSC1. The number of thioether (sulfide) groups is 2. The van der Waals surface area contributed by atoms with Crippen LogP contribution in [0.5, 0.6) is 0 Å². The lowest BCUT2D eigenvalue weighted by molar-refractivity contribution is 0.0651. The molecular formula is C15H23NOS2. The molecule has 0 radical (unpaired) electrons. The topological polar surface area (TPSA) is 32.3 Å². The summed E-state index contributed by atoms with van der Waals surface area (Å²) in [5.41, 5.74) is 0.903. The summed E-state index contributed by atoms with van der Waals surface area (Å²) >= 11 is 3.65. The third-order valence-corrected chi connectivity index (χ3v) is 5.65. The number of aliphatic hydroxyl groups is 1. The zero-order valence-electron chi connectivity index (χ0n) is 11.7. The lowest BCUT2D eigenvalue weighted by Crippen LogP contribution is -2.44. The molecule has 2 N–H and O–H groups in total. The first-order valence-electron chi connectivity index (χ1n) is 6.78. The van der Waals surface area contributed by atoms with Gasteiger partial charge in [-0.1, -0.05) is 18.2 Å². The minimum Gasteiger partial charge on any atom is -0.388 e. The molecule has 4 heteroatoms. The van der Waals surface area contributed by atoms with Crippen LogP contribution in [0.2, 0.25) is 0 Å². The van der Waals surface area contributed by atoms with Crippen LogP contribution in [-0.4, -0.2) is 41.1 Å². The summed E-state index contributed by atoms with van der Waals surface area (Å²) in [6.07, 6.45) is 4.05. The minimum atomic E-state index is -0.488. The summed E-state index contributed by atoms with van der Waals surface area (Å²) in [4.78, 5) is 1.35. The third-order valence-electron chi connectivity index (χ3n) is 3.58. The Morgan fingerprint density at radius 2 is 2.26 bits per heavy atom. The van der Waals surface area contributed by atoms with Crippen molar-refractivity contribution in [1.29, 1.82) is 0 Å². The van der Waals surface area contributed by atoms with Gasteiger partial charge < -0.3 is 10.4 Å². The Morgan fingerprint density at radius 3 is 2.95 bits per heavy atom. The van der Waals surface area contributed by atoms with Crippen LogP contribution in [0, 0.1) is 0 Å². The van der Waals surface area contributed by atoms with Gasteiger partial charge in [-0.2, -0.15) is 11.8 Å². The van der Waals surface area contributed by atoms with Crippen LogP contribution in [0.15, 0.2) is 29.2 Å². The second-order valence-electron chi connectivity index (χ2n) is 5.32. The maximum absolute atomic E-state index is 10.3. The second kappa shape index (κ2) is 7.02. The highest BCUT2D eigenvalue weighted by Gasteiger charge is 2.31. The lowest BCUT2D eigenvalue weighted by atomic mass is 10.0. The van der Waals surface area contributed by atoms with Crippen molar-refractivity contribution in [2.75, 3.05) is 24.3 Å². The minimum absolute atomic E-state index is 0.392. The zero-order chi connectivity index (χ0) is 13.7. The molecule has 1 aliphatic heterocycles. The molecule has 1 heterocycles. The number of rotatable bonds is 6. The Bertz CT molecular complexity index is 405. The van der Waals surface area contributed by atoms with Crippen molar-refractivity contribution in [2.24, 2.45) is 0 Å². The first kappa shape index (κ1) is 15.2. The standard InChI is InChI=1S/C15H23NOS2/c1-12(16-10-15(17)7-8-19-11-15)9-13-5-3-4-6-14(13)18-2/h3-6,12,16-17H,7-11H2,1-2H3. The molecule has 0 bridgehead atoms. The van der Waals surface area contributed by atoms with Crippen LogP contribution in [0.25, 0.3) is 0 Å². The van der Waals surface area contributed by atoms with Gasteiger partial charge in [-0.25, -0.2) is 0 Å². The van der Waals surface area contributed by atoms with E-state index < -0.39 is 5.60 Å². The fourth-order valence-electron chi connectivity index (χ4n) is 2.37. The van der Waals surface area contributed by atoms with Crippen LogP contribution in [0.3, 0.4) is 0 Å². The number of hydrogen-bond acceptors (Lipinski definition) is 4. The molecule has 0 aliphatic carbocycles. The van der Waals surface area contributed by atoms with Gasteiger partial charge in [0.15, 0.2) is 0 Å². The average molecular weight is 297 g/mol. The number of hydrogen-bond donors (Lipinski definition) is 2. The molecule has 0 spiro atoms. The van der Waals surface area contributed by atoms with Gasteiger partial charge in [-0.15, -0.1) is 11.8 Å². The van der Waals surface area contributed by atoms with Crippen molar-refractivity contribution in [3.8, 4) is 0 Å². The summed E-state index contributed by atoms with van der Waals surface area (Å²) in [6.45, 7) is 2.91. The largest absolute Gasteiger partial charge is 0.388 e. The molecule has 1 saturated heterocycles. The van der Waals surface area contributed by atoms with Crippen molar-refractivity contribution >= 4 is 23.5 Å². The van der Waals surface area contributed by atoms with Gasteiger partial charge in [-0.05, 0) is 43.4 Å². The molecule has 1 aliphatic rings. The Hall–Kier alpha value is -0.160. The Balaban J connectivity index is 1.85. The van der Waals surface area contributed by atoms with Gasteiger partial charge in [0.2, 0.25) is 0 Å². The van der Waals surface area contributed by atoms with Gasteiger partial charge in [0.05, 0.1) is 5.60 Å². The molecule has 2 atom stereocenters. The molecule has 0 aromatic heterocycles. The fraction of sp³-hybridized carbons (Fsp3) is 0.600. The molecule has 2 rings (SSSR count). The van der Waals surface area contributed by atoms with E-state index in [1.54, 1.807) is 11.8 Å². The highest BCUT2D eigenvalue weighted by atomic mass is 32.2. The van der Waals surface area contributed by atoms with E-state index in [-0.39, 0.29) is 0 Å². The molecule has 106 valence electrons. The Kier molecular flexibility index (Phi) is 5.63. The summed E-state index contributed by atoms with van der Waals surface area (Å²) in [5.74, 6) is 1.95. The second-order valence-corrected chi connectivity index (χ2v) is 7.28. The van der Waals surface area contributed by atoms with E-state index in [0.717, 1.165) is 24.3 Å². The van der Waals surface area contributed by atoms with Crippen molar-refractivity contribution in [3.63, 3.8) is 0 Å². The van der Waals surface area contributed by atoms with Gasteiger partial charge in [-0.3, -0.25) is 0 Å². The monoisotopic (exact) mass is 297 g/mol. The van der Waals surface area contributed by atoms with E-state index in [0.29, 0.717) is 12.6 Å². The van der Waals surface area contributed by atoms with Crippen LogP contribution < -0.4 is 5.32 Å². The van der Waals surface area contributed by atoms with Gasteiger partial charge >= 0.3 is 0 Å². The lowest BCUT2D eigenvalue weighted by Gasteiger charge is -2.25. The van der Waals surface area contributed by atoms with E-state index in [9.17, 15) is 5.11 Å². The van der Waals surface area contributed by atoms with Crippen LogP contribution in [0.4, 0.5) is 0 Å². The van der Waals surface area contributed by atoms with E-state index in [4.69, 9.17) is 0 Å². The Morgan fingerprint density at radius 1 is 1.47 bits per heavy atom. The predicted octanol–water partition coefficient (Wildman–Crippen LogP) is 2.80. The predicted molar refractivity (Wildman–Crippen MR) is 86.3 cm³/mol. The molecule has 0 amide bonds. The molecule has 0 saturated carbocycles. The van der Waals surface area contributed by atoms with E-state index in [1.807, 2.05) is 11.8 Å². The van der Waals surface area contributed by atoms with E-state index in [1.165, 1.54) is 10.5 Å². The first-order chi connectivity index (χ1) is 9.13. The molecular weight excluding hydrogens is 274 g/mol. The highest BCUT2D eigenvalue weighted by molar-refractivity contribution is 7.99. The van der Waals surface area contributed by atoms with Crippen molar-refractivity contribution in [3.05, 3.63) is 29.8 Å². The van der Waals surface area contributed by atoms with Crippen molar-refractivity contribution < 1.29 is 5.11 Å². The highest BCUT2D eigenvalue weighted by Crippen LogP contribution is 2.27. The first-order valence-corrected chi connectivity index (χ1v) is 9.16. The third kappa shape index (κ3) is 4.42. The Labute approximate surface area is 124 Å². The summed E-state index contributed by atoms with van der Waals surface area (Å²) in [5, 5.41) is 13.8. The summed E-state index contributed by atoms with van der Waals surface area (Å²) < 4.78 is 0. The van der Waals surface area contributed by atoms with Gasteiger partial charge in [0, 0.05) is 23.2 Å². The van der Waals surface area contributed by atoms with Crippen LogP contribution in [0.1, 0.15) is 18.9 Å². The quantitative estimate of drug-likeness (QED) is 0.791. The normalized spacial score (nSPS) is 24.6. The van der Waals surface area contributed by atoms with Gasteiger partial charge in [0.1, 0.15) is 0 Å². The van der Waals surface area contributed by atoms with Crippen LogP contribution >= 0.6 is 23.5 Å². The smallest absolute Gasteiger partial charge is 0.0869 e. The summed E-state index contributed by atoms with van der Waals surface area (Å²) in [6, 6.07) is 8.95. The molecule has 1 fully saturated rings. The van der Waals surface area contributed by atoms with E-state index >= 15 is 0 Å². The maximum Gasteiger partial charge on any atom is 0.0869 e. The molecule has 1 aromatic rings. The maximum atomic E-state index is 10.3. The van der Waals surface area contributed by atoms with Gasteiger partial charge in [0.25, 0.3) is 0 Å². The molecule has 2 unspecified atom stereocenters. The summed E-state index contributed by atoms with van der Waals surface area (Å²) in [7, 11) is 0. The average Bonchev–Trinajstić information content (AvgIpc) is 2.85. The number of nitrogens with one attached hydrogen (secondary N) is 1. The molecule has 2 nitrogen and oxygen atoms in total. The fourth-order valence-corrected chi connectivity index (χ4v) is 4.30. The number of benzene rings is 1. The zero-order valence-corrected chi connectivity index (χ0v) is 13.3. The van der Waals surface area contributed by atoms with E-state index in [2.05, 4.69) is 42.8 Å². The molecule has 19 heavy (non-hydrogen) atoms. The van der Waals surface area contributed by atoms with Crippen molar-refractivity contribution in [2.45, 2.75) is 36.3 Å². The van der Waals surface area contributed by atoms with Crippen LogP contribution in [-0.2, 0) is 6.42 Å².